The highest BCUT2D eigenvalue weighted by Gasteiger charge is 2.34. The van der Waals surface area contributed by atoms with Crippen molar-refractivity contribution in [2.45, 2.75) is 18.9 Å². The molecule has 3 N–H and O–H groups in total. The molecule has 82 valence electrons. The highest BCUT2D eigenvalue weighted by Crippen LogP contribution is 2.27. The van der Waals surface area contributed by atoms with E-state index >= 15 is 0 Å². The van der Waals surface area contributed by atoms with Crippen LogP contribution < -0.4 is 10.6 Å². The third-order valence-corrected chi connectivity index (χ3v) is 3.16. The van der Waals surface area contributed by atoms with Crippen LogP contribution in [-0.2, 0) is 0 Å². The summed E-state index contributed by atoms with van der Waals surface area (Å²) in [7, 11) is 0. The minimum atomic E-state index is -0.414. The molecule has 0 aromatic heterocycles. The first-order valence-corrected chi connectivity index (χ1v) is 5.35. The highest BCUT2D eigenvalue weighted by molar-refractivity contribution is 5.54. The fourth-order valence-corrected chi connectivity index (χ4v) is 2.15. The Kier molecular flexibility index (Phi) is 2.67. The quantitative estimate of drug-likeness (QED) is 0.755. The van der Waals surface area contributed by atoms with Crippen LogP contribution in [0, 0.1) is 6.92 Å². The van der Waals surface area contributed by atoms with Crippen LogP contribution in [0.4, 0.5) is 5.69 Å². The second kappa shape index (κ2) is 3.83. The Morgan fingerprint density at radius 3 is 2.80 bits per heavy atom. The molecule has 1 atom stereocenters. The molecule has 0 amide bonds. The van der Waals surface area contributed by atoms with Crippen LogP contribution in [0.25, 0.3) is 0 Å². The molecule has 1 aromatic carbocycles. The van der Waals surface area contributed by atoms with Crippen molar-refractivity contribution in [2.75, 3.05) is 24.6 Å². The SMILES string of the molecule is Cc1ccccc1N1CCC(N)(CO)C1. The van der Waals surface area contributed by atoms with Crippen molar-refractivity contribution < 1.29 is 5.11 Å². The molecule has 1 saturated heterocycles. The van der Waals surface area contributed by atoms with Gasteiger partial charge in [-0.05, 0) is 25.0 Å². The number of benzene rings is 1. The molecule has 1 heterocycles. The predicted molar refractivity (Wildman–Crippen MR) is 62.0 cm³/mol. The fraction of sp³-hybridized carbons (Fsp3) is 0.500. The van der Waals surface area contributed by atoms with E-state index in [-0.39, 0.29) is 6.61 Å². The van der Waals surface area contributed by atoms with E-state index in [0.717, 1.165) is 19.5 Å². The van der Waals surface area contributed by atoms with E-state index in [4.69, 9.17) is 5.73 Å². The molecular weight excluding hydrogens is 188 g/mol. The van der Waals surface area contributed by atoms with E-state index in [2.05, 4.69) is 24.0 Å². The van der Waals surface area contributed by atoms with Gasteiger partial charge in [-0.25, -0.2) is 0 Å². The van der Waals surface area contributed by atoms with Crippen molar-refractivity contribution in [3.63, 3.8) is 0 Å². The lowest BCUT2D eigenvalue weighted by atomic mass is 10.0. The molecule has 0 spiro atoms. The summed E-state index contributed by atoms with van der Waals surface area (Å²) < 4.78 is 0. The fourth-order valence-electron chi connectivity index (χ4n) is 2.15. The molecule has 1 unspecified atom stereocenters. The monoisotopic (exact) mass is 206 g/mol. The van der Waals surface area contributed by atoms with Gasteiger partial charge in [-0.1, -0.05) is 18.2 Å². The zero-order chi connectivity index (χ0) is 10.9. The van der Waals surface area contributed by atoms with E-state index < -0.39 is 5.54 Å². The van der Waals surface area contributed by atoms with Gasteiger partial charge in [-0.3, -0.25) is 0 Å². The van der Waals surface area contributed by atoms with Crippen LogP contribution >= 0.6 is 0 Å². The maximum atomic E-state index is 9.21. The van der Waals surface area contributed by atoms with Crippen LogP contribution in [-0.4, -0.2) is 30.3 Å². The minimum absolute atomic E-state index is 0.0649. The molecule has 2 rings (SSSR count). The van der Waals surface area contributed by atoms with Crippen molar-refractivity contribution in [2.24, 2.45) is 5.73 Å². The van der Waals surface area contributed by atoms with Gasteiger partial charge in [-0.15, -0.1) is 0 Å². The Morgan fingerprint density at radius 2 is 2.20 bits per heavy atom. The average Bonchev–Trinajstić information content (AvgIpc) is 2.63. The first-order chi connectivity index (χ1) is 7.14. The van der Waals surface area contributed by atoms with Gasteiger partial charge < -0.3 is 15.7 Å². The second-order valence-corrected chi connectivity index (χ2v) is 4.48. The first-order valence-electron chi connectivity index (χ1n) is 5.35. The van der Waals surface area contributed by atoms with Crippen molar-refractivity contribution in [1.82, 2.24) is 0 Å². The van der Waals surface area contributed by atoms with E-state index in [1.165, 1.54) is 11.3 Å². The molecule has 3 nitrogen and oxygen atoms in total. The Morgan fingerprint density at radius 1 is 1.47 bits per heavy atom. The van der Waals surface area contributed by atoms with Crippen LogP contribution in [0.2, 0.25) is 0 Å². The Hall–Kier alpha value is -1.06. The number of nitrogens with zero attached hydrogens (tertiary/aromatic N) is 1. The van der Waals surface area contributed by atoms with E-state index in [0.29, 0.717) is 0 Å². The largest absolute Gasteiger partial charge is 0.394 e. The maximum absolute atomic E-state index is 9.21. The topological polar surface area (TPSA) is 49.5 Å². The Labute approximate surface area is 90.5 Å². The summed E-state index contributed by atoms with van der Waals surface area (Å²) in [6.45, 7) is 3.84. The number of hydrogen-bond acceptors (Lipinski definition) is 3. The number of para-hydroxylation sites is 1. The summed E-state index contributed by atoms with van der Waals surface area (Å²) in [6, 6.07) is 8.29. The summed E-state index contributed by atoms with van der Waals surface area (Å²) in [5.41, 5.74) is 8.13. The minimum Gasteiger partial charge on any atom is -0.394 e. The number of rotatable bonds is 2. The van der Waals surface area contributed by atoms with Crippen molar-refractivity contribution in [1.29, 1.82) is 0 Å². The number of hydrogen-bond donors (Lipinski definition) is 2. The molecule has 0 saturated carbocycles. The van der Waals surface area contributed by atoms with Crippen LogP contribution in [0.15, 0.2) is 24.3 Å². The van der Waals surface area contributed by atoms with E-state index in [9.17, 15) is 5.11 Å². The maximum Gasteiger partial charge on any atom is 0.0629 e. The Balaban J connectivity index is 2.18. The third-order valence-electron chi connectivity index (χ3n) is 3.16. The zero-order valence-corrected chi connectivity index (χ0v) is 9.11. The molecule has 3 heteroatoms. The van der Waals surface area contributed by atoms with Gasteiger partial charge in [0.2, 0.25) is 0 Å². The summed E-state index contributed by atoms with van der Waals surface area (Å²) in [6.07, 6.45) is 0.859. The standard InChI is InChI=1S/C12H18N2O/c1-10-4-2-3-5-11(10)14-7-6-12(13,8-14)9-15/h2-5,15H,6-9,13H2,1H3. The smallest absolute Gasteiger partial charge is 0.0629 e. The predicted octanol–water partition coefficient (Wildman–Crippen LogP) is 0.895. The van der Waals surface area contributed by atoms with Crippen molar-refractivity contribution in [3.8, 4) is 0 Å². The number of aliphatic hydroxyl groups excluding tert-OH is 1. The number of nitrogens with two attached hydrogens (primary N) is 1. The molecule has 0 bridgehead atoms. The molecule has 15 heavy (non-hydrogen) atoms. The molecule has 0 aliphatic carbocycles. The first kappa shape index (κ1) is 10.5. The lowest BCUT2D eigenvalue weighted by Crippen LogP contribution is -2.46. The van der Waals surface area contributed by atoms with Crippen LogP contribution in [0.3, 0.4) is 0 Å². The summed E-state index contributed by atoms with van der Waals surface area (Å²) in [5.74, 6) is 0. The van der Waals surface area contributed by atoms with Crippen LogP contribution in [0.1, 0.15) is 12.0 Å². The summed E-state index contributed by atoms with van der Waals surface area (Å²) >= 11 is 0. The van der Waals surface area contributed by atoms with Gasteiger partial charge in [0, 0.05) is 18.8 Å². The summed E-state index contributed by atoms with van der Waals surface area (Å²) in [4.78, 5) is 2.26. The number of aryl methyl sites for hydroxylation is 1. The molecule has 1 aliphatic rings. The van der Waals surface area contributed by atoms with Crippen LogP contribution in [0.5, 0.6) is 0 Å². The molecule has 1 fully saturated rings. The second-order valence-electron chi connectivity index (χ2n) is 4.48. The van der Waals surface area contributed by atoms with Crippen molar-refractivity contribution >= 4 is 5.69 Å². The van der Waals surface area contributed by atoms with E-state index in [1.807, 2.05) is 12.1 Å². The molecule has 0 radical (unpaired) electrons. The van der Waals surface area contributed by atoms with E-state index in [1.54, 1.807) is 0 Å². The highest BCUT2D eigenvalue weighted by atomic mass is 16.3. The lowest BCUT2D eigenvalue weighted by Gasteiger charge is -2.24. The molecule has 1 aliphatic heterocycles. The Bertz CT molecular complexity index is 353. The van der Waals surface area contributed by atoms with Gasteiger partial charge in [0.25, 0.3) is 0 Å². The van der Waals surface area contributed by atoms with Gasteiger partial charge >= 0.3 is 0 Å². The van der Waals surface area contributed by atoms with Crippen molar-refractivity contribution in [3.05, 3.63) is 29.8 Å². The van der Waals surface area contributed by atoms with Gasteiger partial charge in [0.05, 0.1) is 12.1 Å². The zero-order valence-electron chi connectivity index (χ0n) is 9.11. The summed E-state index contributed by atoms with van der Waals surface area (Å²) in [5, 5.41) is 9.21. The van der Waals surface area contributed by atoms with Gasteiger partial charge in [-0.2, -0.15) is 0 Å². The lowest BCUT2D eigenvalue weighted by molar-refractivity contribution is 0.210. The van der Waals surface area contributed by atoms with Gasteiger partial charge in [0.1, 0.15) is 0 Å². The average molecular weight is 206 g/mol. The number of anilines is 1. The molecule has 1 aromatic rings. The third kappa shape index (κ3) is 1.98. The normalized spacial score (nSPS) is 25.9. The molecular formula is C12H18N2O. The van der Waals surface area contributed by atoms with Gasteiger partial charge in [0.15, 0.2) is 0 Å². The number of aliphatic hydroxyl groups is 1.